The molecule has 3 saturated heterocycles. The largest absolute Gasteiger partial charge is 1.00 e. The molecular formula is C32H35FN5NaO8S. The fourth-order valence-corrected chi connectivity index (χ4v) is 9.11. The molecule has 5 heterocycles. The number of fused-ring (bicyclic) bond motifs is 2. The van der Waals surface area contributed by atoms with Gasteiger partial charge in [0, 0.05) is 66.4 Å². The predicted octanol–water partition coefficient (Wildman–Crippen LogP) is -2.89. The fourth-order valence-electron chi connectivity index (χ4n) is 7.63. The molecule has 16 heteroatoms. The Hall–Kier alpha value is -2.95. The van der Waals surface area contributed by atoms with Gasteiger partial charge in [-0.1, -0.05) is 6.92 Å². The molecule has 1 aliphatic carbocycles. The van der Waals surface area contributed by atoms with Crippen LogP contribution in [0.3, 0.4) is 0 Å². The van der Waals surface area contributed by atoms with Crippen LogP contribution in [-0.2, 0) is 14.4 Å². The van der Waals surface area contributed by atoms with Crippen molar-refractivity contribution >= 4 is 52.1 Å². The van der Waals surface area contributed by atoms with E-state index in [1.54, 1.807) is 15.5 Å². The molecule has 1 aromatic carbocycles. The number of amides is 2. The number of benzene rings is 1. The van der Waals surface area contributed by atoms with Gasteiger partial charge in [-0.05, 0) is 38.3 Å². The number of carbonyl (C=O) groups is 4. The molecule has 4 fully saturated rings. The molecule has 0 spiro atoms. The van der Waals surface area contributed by atoms with E-state index in [-0.39, 0.29) is 75.4 Å². The number of anilines is 1. The van der Waals surface area contributed by atoms with Crippen molar-refractivity contribution in [2.75, 3.05) is 37.6 Å². The topological polar surface area (TPSA) is 176 Å². The summed E-state index contributed by atoms with van der Waals surface area (Å²) in [5.74, 6) is -4.79. The number of piperazine rings is 1. The third-order valence-electron chi connectivity index (χ3n) is 10.2. The average molecular weight is 692 g/mol. The Morgan fingerprint density at radius 2 is 1.81 bits per heavy atom. The first kappa shape index (κ1) is 34.9. The number of thioether (sulfide) groups is 1. The van der Waals surface area contributed by atoms with Crippen molar-refractivity contribution in [2.45, 2.75) is 62.6 Å². The summed E-state index contributed by atoms with van der Waals surface area (Å²) in [6.07, 6.45) is 2.53. The van der Waals surface area contributed by atoms with E-state index in [0.717, 1.165) is 18.9 Å². The van der Waals surface area contributed by atoms with Crippen LogP contribution in [0.15, 0.2) is 33.7 Å². The quantitative estimate of drug-likeness (QED) is 0.192. The number of aliphatic carboxylic acids is 1. The molecule has 0 unspecified atom stereocenters. The number of nitrogens with one attached hydrogen (secondary N) is 1. The van der Waals surface area contributed by atoms with E-state index >= 15 is 4.39 Å². The first-order valence-electron chi connectivity index (χ1n) is 15.9. The Kier molecular flexibility index (Phi) is 9.50. The van der Waals surface area contributed by atoms with E-state index in [1.165, 1.54) is 29.8 Å². The van der Waals surface area contributed by atoms with E-state index < -0.39 is 52.9 Å². The Morgan fingerprint density at radius 1 is 1.12 bits per heavy atom. The number of β-lactam (4-membered cyclic amide) rings is 1. The fraction of sp³-hybridized carbons (Fsp3) is 0.531. The number of aromatic carboxylic acids is 1. The summed E-state index contributed by atoms with van der Waals surface area (Å²) in [6, 6.07) is 1.84. The maximum absolute atomic E-state index is 15.4. The van der Waals surface area contributed by atoms with Crippen LogP contribution >= 0.6 is 11.8 Å². The van der Waals surface area contributed by atoms with Crippen LogP contribution in [0.4, 0.5) is 10.1 Å². The van der Waals surface area contributed by atoms with Gasteiger partial charge in [0.2, 0.25) is 11.8 Å². The molecule has 13 nitrogen and oxygen atoms in total. The summed E-state index contributed by atoms with van der Waals surface area (Å²) >= 11 is 1.38. The van der Waals surface area contributed by atoms with Crippen LogP contribution in [0.5, 0.6) is 0 Å². The summed E-state index contributed by atoms with van der Waals surface area (Å²) in [6.45, 7) is 5.28. The zero-order valence-corrected chi connectivity index (χ0v) is 29.7. The van der Waals surface area contributed by atoms with Gasteiger partial charge < -0.3 is 44.7 Å². The summed E-state index contributed by atoms with van der Waals surface area (Å²) in [4.78, 5) is 68.1. The number of carbonyl (C=O) groups excluding carboxylic acids is 3. The van der Waals surface area contributed by atoms with Gasteiger partial charge in [-0.2, -0.15) is 0 Å². The maximum Gasteiger partial charge on any atom is 1.00 e. The number of rotatable bonds is 8. The Bertz CT molecular complexity index is 1810. The van der Waals surface area contributed by atoms with Crippen molar-refractivity contribution in [3.63, 3.8) is 0 Å². The Balaban J connectivity index is 0.00000401. The number of hydrogen-bond donors (Lipinski definition) is 3. The number of aliphatic hydroxyl groups is 1. The van der Waals surface area contributed by atoms with Crippen LogP contribution in [0.25, 0.3) is 10.9 Å². The van der Waals surface area contributed by atoms with Crippen LogP contribution in [0, 0.1) is 17.7 Å². The number of carboxylic acid groups (broad SMARTS) is 2. The van der Waals surface area contributed by atoms with Crippen LogP contribution in [-0.4, -0.2) is 104 Å². The van der Waals surface area contributed by atoms with Gasteiger partial charge in [0.1, 0.15) is 11.5 Å². The van der Waals surface area contributed by atoms with E-state index in [9.17, 15) is 39.3 Å². The van der Waals surface area contributed by atoms with Gasteiger partial charge in [-0.25, -0.2) is 9.18 Å². The molecule has 6 atom stereocenters. The molecule has 5 aliphatic rings. The second kappa shape index (κ2) is 13.1. The van der Waals surface area contributed by atoms with Gasteiger partial charge in [0.25, 0.3) is 0 Å². The molecular weight excluding hydrogens is 656 g/mol. The summed E-state index contributed by atoms with van der Waals surface area (Å²) < 4.78 is 17.1. The van der Waals surface area contributed by atoms with Crippen LogP contribution in [0.1, 0.15) is 49.5 Å². The van der Waals surface area contributed by atoms with Gasteiger partial charge >= 0.3 is 35.5 Å². The van der Waals surface area contributed by atoms with E-state index in [1.807, 2.05) is 11.8 Å². The minimum atomic E-state index is -1.60. The number of hydrogen-bond acceptors (Lipinski definition) is 10. The normalized spacial score (nSPS) is 27.5. The standard InChI is InChI=1S/C32H36FN5O8S.Na/c1-14-25-24(15(2)39)30(42)38(25)26(32(45)46)28(14)47-17-9-21(34-12-17)29(41)36-7-5-35(6-8-36)23-11-22-18(10-20(23)33)27(40)19(31(43)44)13-37(22)16-3-4-16;/h10-11,13-17,21,24-25,34,39H,3-9,12H2,1-2H3,(H,43,44)(H,45,46);/q;+1/p-1/t14-,15-,17+,21+,24-,25-;/m1./s1. The van der Waals surface area contributed by atoms with Gasteiger partial charge in [0.15, 0.2) is 5.43 Å². The first-order valence-corrected chi connectivity index (χ1v) is 16.8. The number of aromatic nitrogens is 1. The second-order valence-corrected chi connectivity index (χ2v) is 14.5. The van der Waals surface area contributed by atoms with Crippen molar-refractivity contribution in [3.05, 3.63) is 50.5 Å². The van der Waals surface area contributed by atoms with Gasteiger partial charge in [-0.3, -0.25) is 14.4 Å². The molecule has 3 N–H and O–H groups in total. The molecule has 2 aromatic rings. The smallest absolute Gasteiger partial charge is 0.545 e. The van der Waals surface area contributed by atoms with E-state index in [0.29, 0.717) is 49.6 Å². The zero-order chi connectivity index (χ0) is 33.5. The minimum absolute atomic E-state index is 0. The SMILES string of the molecule is C[C@@H](O)[C@H]1C(=O)N2C(C(=O)O)=C(S[C@@H]3CN[C@H](C(=O)N4CCN(c5cc6c(cc5F)c(=O)c(C(=O)[O-])cn6C5CC5)CC4)C3)[C@H](C)[C@H]12.[Na+]. The van der Waals surface area contributed by atoms with Crippen molar-refractivity contribution in [1.82, 2.24) is 19.7 Å². The average Bonchev–Trinajstić information content (AvgIpc) is 3.71. The summed E-state index contributed by atoms with van der Waals surface area (Å²) in [5, 5.41) is 34.8. The minimum Gasteiger partial charge on any atom is -0.545 e. The molecule has 48 heavy (non-hydrogen) atoms. The Morgan fingerprint density at radius 3 is 2.42 bits per heavy atom. The molecule has 4 aliphatic heterocycles. The maximum atomic E-state index is 15.4. The molecule has 1 aromatic heterocycles. The van der Waals surface area contributed by atoms with Crippen molar-refractivity contribution < 1.29 is 68.4 Å². The number of carboxylic acids is 2. The first-order chi connectivity index (χ1) is 22.4. The summed E-state index contributed by atoms with van der Waals surface area (Å²) in [7, 11) is 0. The molecule has 2 amide bonds. The van der Waals surface area contributed by atoms with Gasteiger partial charge in [-0.15, -0.1) is 11.8 Å². The predicted molar refractivity (Wildman–Crippen MR) is 167 cm³/mol. The molecule has 0 bridgehead atoms. The third kappa shape index (κ3) is 5.75. The Labute approximate surface area is 301 Å². The third-order valence-corrected chi connectivity index (χ3v) is 11.7. The van der Waals surface area contributed by atoms with Crippen molar-refractivity contribution in [1.29, 1.82) is 0 Å². The molecule has 0 radical (unpaired) electrons. The monoisotopic (exact) mass is 691 g/mol. The van der Waals surface area contributed by atoms with Crippen molar-refractivity contribution in [3.8, 4) is 0 Å². The number of nitrogens with zero attached hydrogens (tertiary/aromatic N) is 4. The number of aliphatic hydroxyl groups excluding tert-OH is 1. The van der Waals surface area contributed by atoms with Gasteiger partial charge in [0.05, 0.1) is 46.8 Å². The zero-order valence-electron chi connectivity index (χ0n) is 26.8. The van der Waals surface area contributed by atoms with E-state index in [2.05, 4.69) is 5.32 Å². The number of pyridine rings is 1. The second-order valence-electron chi connectivity index (χ2n) is 13.1. The number of halogens is 1. The van der Waals surface area contributed by atoms with Crippen LogP contribution < -0.4 is 50.3 Å². The molecule has 7 rings (SSSR count). The van der Waals surface area contributed by atoms with E-state index in [4.69, 9.17) is 0 Å². The summed E-state index contributed by atoms with van der Waals surface area (Å²) in [5.41, 5.74) is -0.562. The van der Waals surface area contributed by atoms with Crippen LogP contribution in [0.2, 0.25) is 0 Å². The molecule has 250 valence electrons. The molecule has 1 saturated carbocycles. The van der Waals surface area contributed by atoms with Crippen molar-refractivity contribution in [2.24, 2.45) is 11.8 Å².